The highest BCUT2D eigenvalue weighted by Crippen LogP contribution is 2.21. The molecule has 0 spiro atoms. The average molecular weight is 518 g/mol. The Bertz CT molecular complexity index is 1250. The number of nitrogens with one attached hydrogen (secondary N) is 2. The molecule has 1 aromatic heterocycles. The molecule has 1 aliphatic rings. The van der Waals surface area contributed by atoms with E-state index in [1.54, 1.807) is 4.90 Å². The molecule has 8 heteroatoms. The Kier molecular flexibility index (Phi) is 9.70. The molecule has 2 aromatic carbocycles. The van der Waals surface area contributed by atoms with Gasteiger partial charge in [-0.2, -0.15) is 0 Å². The number of aromatic nitrogens is 1. The third-order valence-corrected chi connectivity index (χ3v) is 6.77. The fourth-order valence-corrected chi connectivity index (χ4v) is 4.72. The molecule has 38 heavy (non-hydrogen) atoms. The number of esters is 1. The summed E-state index contributed by atoms with van der Waals surface area (Å²) in [5.74, 6) is -1.34. The standard InChI is InChI=1S/C30H35N3O5/c34-16-15-33(20-22-9-3-1-4-10-22)28(35)18-23-11-5-2-6-14-29(36)38-21-25(32-30(23)37)17-24-19-31-27-13-8-7-12-26(24)27/h1-5,7-10,12-13,19,23,25,31,34H,6,11,14-18,20-21H2,(H,32,37)/t23-,25+/m1/s1. The molecule has 4 rings (SSSR count). The van der Waals surface area contributed by atoms with E-state index in [1.807, 2.05) is 72.9 Å². The van der Waals surface area contributed by atoms with Crippen LogP contribution in [0.25, 0.3) is 10.9 Å². The van der Waals surface area contributed by atoms with E-state index in [1.165, 1.54) is 0 Å². The second kappa shape index (κ2) is 13.6. The van der Waals surface area contributed by atoms with Crippen LogP contribution < -0.4 is 5.32 Å². The number of rotatable bonds is 8. The number of amides is 2. The molecule has 2 atom stereocenters. The molecule has 200 valence electrons. The molecular formula is C30H35N3O5. The van der Waals surface area contributed by atoms with E-state index in [2.05, 4.69) is 10.3 Å². The van der Waals surface area contributed by atoms with Gasteiger partial charge in [-0.15, -0.1) is 0 Å². The van der Waals surface area contributed by atoms with Gasteiger partial charge in [0.2, 0.25) is 11.8 Å². The quantitative estimate of drug-likeness (QED) is 0.313. The minimum atomic E-state index is -0.587. The second-order valence-corrected chi connectivity index (χ2v) is 9.62. The topological polar surface area (TPSA) is 112 Å². The maximum Gasteiger partial charge on any atom is 0.306 e. The highest BCUT2D eigenvalue weighted by atomic mass is 16.5. The Morgan fingerprint density at radius 3 is 2.66 bits per heavy atom. The lowest BCUT2D eigenvalue weighted by atomic mass is 9.97. The maximum absolute atomic E-state index is 13.5. The van der Waals surface area contributed by atoms with Gasteiger partial charge in [-0.3, -0.25) is 14.4 Å². The number of para-hydroxylation sites is 1. The van der Waals surface area contributed by atoms with Gasteiger partial charge in [0.25, 0.3) is 0 Å². The lowest BCUT2D eigenvalue weighted by molar-refractivity contribution is -0.145. The molecule has 3 aromatic rings. The van der Waals surface area contributed by atoms with Gasteiger partial charge in [-0.1, -0.05) is 60.7 Å². The fraction of sp³-hybridized carbons (Fsp3) is 0.367. The van der Waals surface area contributed by atoms with E-state index >= 15 is 0 Å². The number of allylic oxidation sites excluding steroid dienone is 2. The van der Waals surface area contributed by atoms with E-state index in [4.69, 9.17) is 4.74 Å². The Balaban J connectivity index is 1.50. The van der Waals surface area contributed by atoms with E-state index < -0.39 is 12.0 Å². The van der Waals surface area contributed by atoms with Crippen molar-refractivity contribution in [1.29, 1.82) is 0 Å². The van der Waals surface area contributed by atoms with E-state index in [9.17, 15) is 19.5 Å². The number of ether oxygens (including phenoxy) is 1. The van der Waals surface area contributed by atoms with Crippen molar-refractivity contribution < 1.29 is 24.2 Å². The van der Waals surface area contributed by atoms with Gasteiger partial charge >= 0.3 is 5.97 Å². The van der Waals surface area contributed by atoms with E-state index in [0.29, 0.717) is 25.8 Å². The average Bonchev–Trinajstić information content (AvgIpc) is 3.33. The Labute approximate surface area is 222 Å². The van der Waals surface area contributed by atoms with Crippen molar-refractivity contribution in [1.82, 2.24) is 15.2 Å². The Morgan fingerprint density at radius 1 is 1.05 bits per heavy atom. The fourth-order valence-electron chi connectivity index (χ4n) is 4.72. The van der Waals surface area contributed by atoms with Crippen molar-refractivity contribution in [2.24, 2.45) is 5.92 Å². The molecule has 2 amide bonds. The summed E-state index contributed by atoms with van der Waals surface area (Å²) < 4.78 is 5.49. The normalized spacial score (nSPS) is 18.8. The first kappa shape index (κ1) is 27.1. The number of hydrogen-bond acceptors (Lipinski definition) is 5. The summed E-state index contributed by atoms with van der Waals surface area (Å²) >= 11 is 0. The van der Waals surface area contributed by atoms with Crippen molar-refractivity contribution in [3.63, 3.8) is 0 Å². The molecule has 0 saturated carbocycles. The predicted molar refractivity (Wildman–Crippen MR) is 145 cm³/mol. The summed E-state index contributed by atoms with van der Waals surface area (Å²) in [6, 6.07) is 17.1. The molecular weight excluding hydrogens is 482 g/mol. The van der Waals surface area contributed by atoms with Crippen LogP contribution in [0.1, 0.15) is 36.8 Å². The van der Waals surface area contributed by atoms with Gasteiger partial charge < -0.3 is 25.0 Å². The Hall–Kier alpha value is -3.91. The van der Waals surface area contributed by atoms with Crippen LogP contribution in [0.15, 0.2) is 72.9 Å². The maximum atomic E-state index is 13.5. The lowest BCUT2D eigenvalue weighted by Gasteiger charge is -2.26. The molecule has 1 aliphatic heterocycles. The first-order valence-corrected chi connectivity index (χ1v) is 13.1. The van der Waals surface area contributed by atoms with Crippen LogP contribution in [0.3, 0.4) is 0 Å². The molecule has 2 heterocycles. The van der Waals surface area contributed by atoms with Crippen LogP contribution in [0.2, 0.25) is 0 Å². The monoisotopic (exact) mass is 517 g/mol. The van der Waals surface area contributed by atoms with Crippen LogP contribution >= 0.6 is 0 Å². The molecule has 8 nitrogen and oxygen atoms in total. The zero-order valence-electron chi connectivity index (χ0n) is 21.5. The number of aliphatic hydroxyl groups is 1. The largest absolute Gasteiger partial charge is 0.463 e. The van der Waals surface area contributed by atoms with Crippen LogP contribution in [0, 0.1) is 5.92 Å². The van der Waals surface area contributed by atoms with Gasteiger partial charge in [0.05, 0.1) is 18.6 Å². The van der Waals surface area contributed by atoms with Crippen molar-refractivity contribution >= 4 is 28.7 Å². The third kappa shape index (κ3) is 7.55. The highest BCUT2D eigenvalue weighted by Gasteiger charge is 2.27. The minimum Gasteiger partial charge on any atom is -0.463 e. The molecule has 3 N–H and O–H groups in total. The van der Waals surface area contributed by atoms with E-state index in [-0.39, 0.29) is 50.4 Å². The number of H-pyrrole nitrogens is 1. The number of carbonyl (C=O) groups is 3. The predicted octanol–water partition coefficient (Wildman–Crippen LogP) is 3.51. The smallest absolute Gasteiger partial charge is 0.306 e. The molecule has 0 fully saturated rings. The van der Waals surface area contributed by atoms with Crippen LogP contribution in [-0.4, -0.2) is 58.6 Å². The summed E-state index contributed by atoms with van der Waals surface area (Å²) in [6.07, 6.45) is 7.27. The van der Waals surface area contributed by atoms with Gasteiger partial charge in [0.1, 0.15) is 6.61 Å². The van der Waals surface area contributed by atoms with Crippen LogP contribution in [-0.2, 0) is 32.1 Å². The van der Waals surface area contributed by atoms with Crippen LogP contribution in [0.5, 0.6) is 0 Å². The molecule has 0 unspecified atom stereocenters. The number of fused-ring (bicyclic) bond motifs is 1. The van der Waals surface area contributed by atoms with Crippen molar-refractivity contribution in [2.45, 2.75) is 44.7 Å². The number of aromatic amines is 1. The Morgan fingerprint density at radius 2 is 1.84 bits per heavy atom. The summed E-state index contributed by atoms with van der Waals surface area (Å²) in [7, 11) is 0. The minimum absolute atomic E-state index is 0.0165. The van der Waals surface area contributed by atoms with Gasteiger partial charge in [0.15, 0.2) is 0 Å². The number of nitrogens with zero attached hydrogens (tertiary/aromatic N) is 1. The zero-order valence-corrected chi connectivity index (χ0v) is 21.5. The number of cyclic esters (lactones) is 1. The number of benzene rings is 2. The molecule has 0 radical (unpaired) electrons. The summed E-state index contributed by atoms with van der Waals surface area (Å²) in [5.41, 5.74) is 2.96. The van der Waals surface area contributed by atoms with Gasteiger partial charge in [0, 0.05) is 43.0 Å². The number of carbonyl (C=O) groups excluding carboxylic acids is 3. The summed E-state index contributed by atoms with van der Waals surface area (Å²) in [5, 5.41) is 13.7. The molecule has 0 saturated heterocycles. The van der Waals surface area contributed by atoms with Crippen molar-refractivity contribution in [3.8, 4) is 0 Å². The summed E-state index contributed by atoms with van der Waals surface area (Å²) in [6.45, 7) is 0.451. The molecule has 0 bridgehead atoms. The second-order valence-electron chi connectivity index (χ2n) is 9.62. The van der Waals surface area contributed by atoms with Gasteiger partial charge in [-0.25, -0.2) is 0 Å². The first-order chi connectivity index (χ1) is 18.5. The highest BCUT2D eigenvalue weighted by molar-refractivity contribution is 5.86. The number of aliphatic hydroxyl groups excluding tert-OH is 1. The van der Waals surface area contributed by atoms with Crippen molar-refractivity contribution in [3.05, 3.63) is 84.1 Å². The van der Waals surface area contributed by atoms with Crippen molar-refractivity contribution in [2.75, 3.05) is 19.8 Å². The first-order valence-electron chi connectivity index (χ1n) is 13.1. The summed E-state index contributed by atoms with van der Waals surface area (Å²) in [4.78, 5) is 43.8. The van der Waals surface area contributed by atoms with Crippen LogP contribution in [0.4, 0.5) is 0 Å². The lowest BCUT2D eigenvalue weighted by Crippen LogP contribution is -2.44. The van der Waals surface area contributed by atoms with Gasteiger partial charge in [-0.05, 0) is 36.5 Å². The third-order valence-electron chi connectivity index (χ3n) is 6.77. The zero-order chi connectivity index (χ0) is 26.7. The SMILES string of the molecule is O=C1CCC=CC[C@H](CC(=O)N(CCO)Cc2ccccc2)C(=O)N[C@@H](Cc2c[nH]c3ccccc23)CO1. The number of hydrogen-bond donors (Lipinski definition) is 3. The van der Waals surface area contributed by atoms with E-state index in [0.717, 1.165) is 22.0 Å². The molecule has 0 aliphatic carbocycles.